The van der Waals surface area contributed by atoms with E-state index in [1.54, 1.807) is 25.3 Å². The number of rotatable bonds is 10. The van der Waals surface area contributed by atoms with Gasteiger partial charge in [0.25, 0.3) is 0 Å². The van der Waals surface area contributed by atoms with Gasteiger partial charge in [-0.15, -0.1) is 0 Å². The first-order valence-corrected chi connectivity index (χ1v) is 9.87. The quantitative estimate of drug-likeness (QED) is 0.502. The van der Waals surface area contributed by atoms with Crippen LogP contribution in [0.3, 0.4) is 0 Å². The monoisotopic (exact) mass is 376 g/mol. The second-order valence-electron chi connectivity index (χ2n) is 7.06. The van der Waals surface area contributed by atoms with E-state index in [1.165, 1.54) is 13.3 Å². The molecule has 1 amide bonds. The molecule has 0 aromatic heterocycles. The topological polar surface area (TPSA) is 67.9 Å². The van der Waals surface area contributed by atoms with Gasteiger partial charge in [0.05, 0.1) is 13.7 Å². The Hall–Kier alpha value is -2.08. The third kappa shape index (κ3) is 6.86. The molecule has 1 fully saturated rings. The van der Waals surface area contributed by atoms with E-state index in [0.29, 0.717) is 42.6 Å². The van der Waals surface area contributed by atoms with Crippen LogP contribution >= 0.6 is 0 Å². The summed E-state index contributed by atoms with van der Waals surface area (Å²) in [5.74, 6) is 1.20. The summed E-state index contributed by atoms with van der Waals surface area (Å²) in [6.07, 6.45) is 4.32. The van der Waals surface area contributed by atoms with Crippen LogP contribution in [0.2, 0.25) is 0 Å². The molecule has 1 heterocycles. The molecule has 6 heteroatoms. The number of methoxy groups -OCH3 is 1. The molecule has 1 aromatic rings. The maximum absolute atomic E-state index is 12.1. The highest BCUT2D eigenvalue weighted by atomic mass is 16.5. The van der Waals surface area contributed by atoms with Crippen LogP contribution in [0.15, 0.2) is 18.2 Å². The molecule has 0 saturated carbocycles. The largest absolute Gasteiger partial charge is 0.493 e. The van der Waals surface area contributed by atoms with Crippen LogP contribution in [0.1, 0.15) is 56.3 Å². The Kier molecular flexibility index (Phi) is 8.58. The summed E-state index contributed by atoms with van der Waals surface area (Å²) in [7, 11) is 1.55. The SMILES string of the molecule is CCCN1CCC(NC(=O)CCCOc2ccc(C(C)=O)cc2OC)CC1. The lowest BCUT2D eigenvalue weighted by atomic mass is 10.0. The van der Waals surface area contributed by atoms with Crippen molar-refractivity contribution in [2.24, 2.45) is 0 Å². The normalized spacial score (nSPS) is 15.4. The van der Waals surface area contributed by atoms with Gasteiger partial charge in [0.2, 0.25) is 5.91 Å². The lowest BCUT2D eigenvalue weighted by molar-refractivity contribution is -0.122. The van der Waals surface area contributed by atoms with E-state index < -0.39 is 0 Å². The summed E-state index contributed by atoms with van der Waals surface area (Å²) >= 11 is 0. The number of piperidine rings is 1. The van der Waals surface area contributed by atoms with Gasteiger partial charge in [0, 0.05) is 31.1 Å². The van der Waals surface area contributed by atoms with Crippen molar-refractivity contribution in [2.45, 2.75) is 52.0 Å². The van der Waals surface area contributed by atoms with Gasteiger partial charge < -0.3 is 19.7 Å². The number of amides is 1. The van der Waals surface area contributed by atoms with Crippen LogP contribution in [0.25, 0.3) is 0 Å². The van der Waals surface area contributed by atoms with Crippen molar-refractivity contribution < 1.29 is 19.1 Å². The third-order valence-corrected chi connectivity index (χ3v) is 4.87. The Labute approximate surface area is 162 Å². The van der Waals surface area contributed by atoms with E-state index in [0.717, 1.165) is 32.5 Å². The minimum atomic E-state index is -0.0166. The molecule has 0 atom stereocenters. The van der Waals surface area contributed by atoms with E-state index >= 15 is 0 Å². The molecule has 27 heavy (non-hydrogen) atoms. The lowest BCUT2D eigenvalue weighted by Gasteiger charge is -2.32. The molecule has 2 rings (SSSR count). The Morgan fingerprint density at radius 3 is 2.59 bits per heavy atom. The van der Waals surface area contributed by atoms with Gasteiger partial charge in [-0.05, 0) is 57.4 Å². The zero-order valence-electron chi connectivity index (χ0n) is 16.8. The highest BCUT2D eigenvalue weighted by Gasteiger charge is 2.19. The van der Waals surface area contributed by atoms with Gasteiger partial charge in [-0.2, -0.15) is 0 Å². The number of likely N-dealkylation sites (tertiary alicyclic amines) is 1. The Balaban J connectivity index is 1.68. The van der Waals surface area contributed by atoms with Crippen LogP contribution in [-0.4, -0.2) is 56.0 Å². The molecule has 0 radical (unpaired) electrons. The van der Waals surface area contributed by atoms with Crippen LogP contribution in [0.5, 0.6) is 11.5 Å². The molecular formula is C21H32N2O4. The number of benzene rings is 1. The second kappa shape index (κ2) is 10.9. The predicted molar refractivity (Wildman–Crippen MR) is 106 cm³/mol. The summed E-state index contributed by atoms with van der Waals surface area (Å²) in [6, 6.07) is 5.43. The van der Waals surface area contributed by atoms with Gasteiger partial charge >= 0.3 is 0 Å². The highest BCUT2D eigenvalue weighted by Crippen LogP contribution is 2.28. The molecule has 150 valence electrons. The summed E-state index contributed by atoms with van der Waals surface area (Å²) < 4.78 is 11.0. The molecule has 1 saturated heterocycles. The van der Waals surface area contributed by atoms with Crippen molar-refractivity contribution in [1.82, 2.24) is 10.2 Å². The summed E-state index contributed by atoms with van der Waals surface area (Å²) in [6.45, 7) is 7.42. The molecule has 0 aliphatic carbocycles. The number of nitrogens with zero attached hydrogens (tertiary/aromatic N) is 1. The zero-order chi connectivity index (χ0) is 19.6. The Bertz CT molecular complexity index is 625. The van der Waals surface area contributed by atoms with Crippen molar-refractivity contribution in [3.05, 3.63) is 23.8 Å². The number of Topliss-reactive ketones (excluding diaryl/α,β-unsaturated/α-hetero) is 1. The maximum Gasteiger partial charge on any atom is 0.220 e. The molecule has 1 N–H and O–H groups in total. The van der Waals surface area contributed by atoms with E-state index in [2.05, 4.69) is 17.1 Å². The van der Waals surface area contributed by atoms with E-state index in [1.807, 2.05) is 0 Å². The number of carbonyl (C=O) groups excluding carboxylic acids is 2. The number of nitrogens with one attached hydrogen (secondary N) is 1. The van der Waals surface area contributed by atoms with Crippen molar-refractivity contribution in [1.29, 1.82) is 0 Å². The van der Waals surface area contributed by atoms with Crippen molar-refractivity contribution in [2.75, 3.05) is 33.4 Å². The van der Waals surface area contributed by atoms with Crippen molar-refractivity contribution in [3.63, 3.8) is 0 Å². The van der Waals surface area contributed by atoms with Crippen molar-refractivity contribution in [3.8, 4) is 11.5 Å². The predicted octanol–water partition coefficient (Wildman–Crippen LogP) is 3.05. The van der Waals surface area contributed by atoms with E-state index in [-0.39, 0.29) is 11.7 Å². The molecule has 1 aromatic carbocycles. The first kappa shape index (κ1) is 21.2. The van der Waals surface area contributed by atoms with Gasteiger partial charge in [-0.1, -0.05) is 6.92 Å². The first-order valence-electron chi connectivity index (χ1n) is 9.87. The number of ether oxygens (including phenoxy) is 2. The zero-order valence-corrected chi connectivity index (χ0v) is 16.8. The van der Waals surface area contributed by atoms with Gasteiger partial charge in [-0.25, -0.2) is 0 Å². The molecular weight excluding hydrogens is 344 g/mol. The lowest BCUT2D eigenvalue weighted by Crippen LogP contribution is -2.44. The van der Waals surface area contributed by atoms with Crippen LogP contribution < -0.4 is 14.8 Å². The van der Waals surface area contributed by atoms with E-state index in [4.69, 9.17) is 9.47 Å². The maximum atomic E-state index is 12.1. The summed E-state index contributed by atoms with van der Waals surface area (Å²) in [5, 5.41) is 3.14. The fourth-order valence-corrected chi connectivity index (χ4v) is 3.34. The Morgan fingerprint density at radius 2 is 1.96 bits per heavy atom. The smallest absolute Gasteiger partial charge is 0.220 e. The number of hydrogen-bond acceptors (Lipinski definition) is 5. The third-order valence-electron chi connectivity index (χ3n) is 4.87. The molecule has 0 spiro atoms. The minimum absolute atomic E-state index is 0.0166. The molecule has 0 bridgehead atoms. The first-order chi connectivity index (χ1) is 13.0. The minimum Gasteiger partial charge on any atom is -0.493 e. The molecule has 0 unspecified atom stereocenters. The number of carbonyl (C=O) groups is 2. The molecule has 1 aliphatic rings. The number of hydrogen-bond donors (Lipinski definition) is 1. The van der Waals surface area contributed by atoms with Gasteiger partial charge in [0.15, 0.2) is 17.3 Å². The van der Waals surface area contributed by atoms with Gasteiger partial charge in [-0.3, -0.25) is 9.59 Å². The molecule has 6 nitrogen and oxygen atoms in total. The van der Waals surface area contributed by atoms with Crippen molar-refractivity contribution >= 4 is 11.7 Å². The summed E-state index contributed by atoms with van der Waals surface area (Å²) in [5.41, 5.74) is 0.587. The summed E-state index contributed by atoms with van der Waals surface area (Å²) in [4.78, 5) is 26.0. The standard InChI is InChI=1S/C21H32N2O4/c1-4-11-23-12-9-18(10-13-23)22-21(25)6-5-14-27-19-8-7-17(16(2)24)15-20(19)26-3/h7-8,15,18H,4-6,9-14H2,1-3H3,(H,22,25). The Morgan fingerprint density at radius 1 is 1.22 bits per heavy atom. The fraction of sp³-hybridized carbons (Fsp3) is 0.619. The highest BCUT2D eigenvalue weighted by molar-refractivity contribution is 5.94. The van der Waals surface area contributed by atoms with Crippen LogP contribution in [0, 0.1) is 0 Å². The van der Waals surface area contributed by atoms with Crippen LogP contribution in [0.4, 0.5) is 0 Å². The molecule has 1 aliphatic heterocycles. The number of ketones is 1. The van der Waals surface area contributed by atoms with E-state index in [9.17, 15) is 9.59 Å². The van der Waals surface area contributed by atoms with Gasteiger partial charge in [0.1, 0.15) is 0 Å². The average Bonchev–Trinajstić information content (AvgIpc) is 2.67. The fourth-order valence-electron chi connectivity index (χ4n) is 3.34. The second-order valence-corrected chi connectivity index (χ2v) is 7.06. The van der Waals surface area contributed by atoms with Crippen LogP contribution in [-0.2, 0) is 4.79 Å². The average molecular weight is 376 g/mol.